The van der Waals surface area contributed by atoms with Crippen LogP contribution in [-0.4, -0.2) is 7.05 Å². The number of halogens is 3. The highest BCUT2D eigenvalue weighted by Crippen LogP contribution is 2.30. The van der Waals surface area contributed by atoms with Gasteiger partial charge in [0.1, 0.15) is 5.82 Å². The van der Waals surface area contributed by atoms with Crippen molar-refractivity contribution in [2.24, 2.45) is 0 Å². The molecule has 0 saturated heterocycles. The Bertz CT molecular complexity index is 523. The Morgan fingerprint density at radius 1 is 1.50 bits per heavy atom. The van der Waals surface area contributed by atoms with E-state index in [0.29, 0.717) is 17.0 Å². The highest BCUT2D eigenvalue weighted by Gasteiger charge is 2.16. The quantitative estimate of drug-likeness (QED) is 0.836. The molecule has 0 aliphatic heterocycles. The van der Waals surface area contributed by atoms with Gasteiger partial charge >= 0.3 is 0 Å². The number of hydrogen-bond donors (Lipinski definition) is 1. The van der Waals surface area contributed by atoms with Crippen molar-refractivity contribution in [3.8, 4) is 0 Å². The van der Waals surface area contributed by atoms with Crippen LogP contribution in [0.3, 0.4) is 0 Å². The van der Waals surface area contributed by atoms with Crippen LogP contribution in [0.1, 0.15) is 16.5 Å². The summed E-state index contributed by atoms with van der Waals surface area (Å²) >= 11 is 11.1. The van der Waals surface area contributed by atoms with E-state index in [1.54, 1.807) is 23.5 Å². The van der Waals surface area contributed by atoms with Gasteiger partial charge in [-0.1, -0.05) is 17.7 Å². The summed E-state index contributed by atoms with van der Waals surface area (Å²) in [6.45, 7) is 0. The van der Waals surface area contributed by atoms with Crippen LogP contribution in [0.2, 0.25) is 5.02 Å². The van der Waals surface area contributed by atoms with Crippen LogP contribution in [-0.2, 0) is 6.42 Å². The molecular weight excluding hydrogens is 337 g/mol. The highest BCUT2D eigenvalue weighted by molar-refractivity contribution is 9.10. The molecule has 0 aliphatic rings. The lowest BCUT2D eigenvalue weighted by Crippen LogP contribution is -2.18. The van der Waals surface area contributed by atoms with Gasteiger partial charge in [0, 0.05) is 31.4 Å². The Morgan fingerprint density at radius 3 is 2.83 bits per heavy atom. The summed E-state index contributed by atoms with van der Waals surface area (Å²) in [4.78, 5) is 1.16. The van der Waals surface area contributed by atoms with E-state index in [9.17, 15) is 4.39 Å². The maximum Gasteiger partial charge on any atom is 0.127 e. The van der Waals surface area contributed by atoms with Crippen LogP contribution in [0.4, 0.5) is 4.39 Å². The molecule has 1 heterocycles. The molecule has 2 rings (SSSR count). The van der Waals surface area contributed by atoms with E-state index >= 15 is 0 Å². The Labute approximate surface area is 123 Å². The summed E-state index contributed by atoms with van der Waals surface area (Å²) in [5.41, 5.74) is 0.558. The van der Waals surface area contributed by atoms with Gasteiger partial charge in [-0.25, -0.2) is 4.39 Å². The van der Waals surface area contributed by atoms with Crippen molar-refractivity contribution in [2.75, 3.05) is 7.05 Å². The lowest BCUT2D eigenvalue weighted by molar-refractivity contribution is 0.560. The van der Waals surface area contributed by atoms with Crippen molar-refractivity contribution in [3.05, 3.63) is 55.4 Å². The van der Waals surface area contributed by atoms with Crippen molar-refractivity contribution < 1.29 is 4.39 Å². The second kappa shape index (κ2) is 6.15. The van der Waals surface area contributed by atoms with Gasteiger partial charge in [-0.05, 0) is 47.6 Å². The molecule has 0 saturated carbocycles. The van der Waals surface area contributed by atoms with Crippen LogP contribution < -0.4 is 5.32 Å². The zero-order chi connectivity index (χ0) is 13.1. The summed E-state index contributed by atoms with van der Waals surface area (Å²) in [5, 5.41) is 5.69. The molecule has 1 unspecified atom stereocenters. The van der Waals surface area contributed by atoms with Gasteiger partial charge in [-0.15, -0.1) is 11.3 Å². The molecule has 0 bridgehead atoms. The SMILES string of the molecule is CNC(Cc1c(F)cccc1Cl)c1cc(Br)cs1. The van der Waals surface area contributed by atoms with Gasteiger partial charge < -0.3 is 5.32 Å². The first-order valence-corrected chi connectivity index (χ1v) is 7.51. The number of hydrogen-bond acceptors (Lipinski definition) is 2. The highest BCUT2D eigenvalue weighted by atomic mass is 79.9. The molecule has 0 radical (unpaired) electrons. The van der Waals surface area contributed by atoms with Crippen LogP contribution >= 0.6 is 38.9 Å². The Balaban J connectivity index is 2.26. The number of likely N-dealkylation sites (N-methyl/N-ethyl adjacent to an activating group) is 1. The topological polar surface area (TPSA) is 12.0 Å². The summed E-state index contributed by atoms with van der Waals surface area (Å²) in [5.74, 6) is -0.252. The van der Waals surface area contributed by atoms with Crippen molar-refractivity contribution in [2.45, 2.75) is 12.5 Å². The van der Waals surface area contributed by atoms with E-state index in [1.807, 2.05) is 18.5 Å². The molecule has 0 fully saturated rings. The van der Waals surface area contributed by atoms with Crippen LogP contribution in [0.25, 0.3) is 0 Å². The zero-order valence-corrected chi connectivity index (χ0v) is 12.9. The van der Waals surface area contributed by atoms with E-state index < -0.39 is 0 Å². The molecule has 96 valence electrons. The second-order valence-corrected chi connectivity index (χ2v) is 6.18. The third-order valence-corrected chi connectivity index (χ3v) is 4.91. The largest absolute Gasteiger partial charge is 0.312 e. The summed E-state index contributed by atoms with van der Waals surface area (Å²) < 4.78 is 14.8. The van der Waals surface area contributed by atoms with Crippen molar-refractivity contribution in [3.63, 3.8) is 0 Å². The standard InChI is InChI=1S/C13H12BrClFNS/c1-17-12(13-5-8(14)7-18-13)6-9-10(15)3-2-4-11(9)16/h2-5,7,12,17H,6H2,1H3. The molecule has 1 N–H and O–H groups in total. The fraction of sp³-hybridized carbons (Fsp3) is 0.231. The number of thiophene rings is 1. The Kier molecular flexibility index (Phi) is 4.78. The molecule has 18 heavy (non-hydrogen) atoms. The molecule has 5 heteroatoms. The van der Waals surface area contributed by atoms with Crippen LogP contribution in [0.5, 0.6) is 0 Å². The minimum absolute atomic E-state index is 0.0655. The minimum atomic E-state index is -0.252. The summed E-state index contributed by atoms with van der Waals surface area (Å²) in [6.07, 6.45) is 0.537. The maximum absolute atomic E-state index is 13.7. The molecule has 1 nitrogen and oxygen atoms in total. The van der Waals surface area contributed by atoms with Crippen LogP contribution in [0, 0.1) is 5.82 Å². The van der Waals surface area contributed by atoms with Crippen molar-refractivity contribution in [1.29, 1.82) is 0 Å². The third kappa shape index (κ3) is 3.12. The Hall–Kier alpha value is -0.420. The van der Waals surface area contributed by atoms with Gasteiger partial charge in [-0.2, -0.15) is 0 Å². The van der Waals surface area contributed by atoms with Gasteiger partial charge in [-0.3, -0.25) is 0 Å². The molecule has 0 aliphatic carbocycles. The molecule has 1 aromatic heterocycles. The Morgan fingerprint density at radius 2 is 2.28 bits per heavy atom. The molecule has 2 aromatic rings. The van der Waals surface area contributed by atoms with E-state index in [2.05, 4.69) is 21.2 Å². The van der Waals surface area contributed by atoms with Gasteiger partial charge in [0.2, 0.25) is 0 Å². The van der Waals surface area contributed by atoms with E-state index in [-0.39, 0.29) is 11.9 Å². The minimum Gasteiger partial charge on any atom is -0.312 e. The van der Waals surface area contributed by atoms with Gasteiger partial charge in [0.15, 0.2) is 0 Å². The second-order valence-electron chi connectivity index (χ2n) is 3.91. The molecule has 1 atom stereocenters. The van der Waals surface area contributed by atoms with Crippen molar-refractivity contribution in [1.82, 2.24) is 5.32 Å². The van der Waals surface area contributed by atoms with Crippen LogP contribution in [0.15, 0.2) is 34.1 Å². The molecule has 0 amide bonds. The monoisotopic (exact) mass is 347 g/mol. The zero-order valence-electron chi connectivity index (χ0n) is 9.71. The number of rotatable bonds is 4. The predicted molar refractivity (Wildman–Crippen MR) is 78.9 cm³/mol. The smallest absolute Gasteiger partial charge is 0.127 e. The van der Waals surface area contributed by atoms with E-state index in [4.69, 9.17) is 11.6 Å². The molecule has 0 spiro atoms. The number of benzene rings is 1. The fourth-order valence-corrected chi connectivity index (χ4v) is 3.58. The lowest BCUT2D eigenvalue weighted by atomic mass is 10.0. The first-order valence-electron chi connectivity index (χ1n) is 5.46. The summed E-state index contributed by atoms with van der Waals surface area (Å²) in [7, 11) is 1.87. The first-order chi connectivity index (χ1) is 8.61. The summed E-state index contributed by atoms with van der Waals surface area (Å²) in [6, 6.07) is 6.89. The third-order valence-electron chi connectivity index (χ3n) is 2.75. The average Bonchev–Trinajstić information content (AvgIpc) is 2.76. The average molecular weight is 349 g/mol. The lowest BCUT2D eigenvalue weighted by Gasteiger charge is -2.16. The van der Waals surface area contributed by atoms with E-state index in [1.165, 1.54) is 6.07 Å². The normalized spacial score (nSPS) is 12.7. The fourth-order valence-electron chi connectivity index (χ4n) is 1.79. The maximum atomic E-state index is 13.7. The van der Waals surface area contributed by atoms with Gasteiger partial charge in [0.25, 0.3) is 0 Å². The first kappa shape index (κ1) is 14.0. The number of nitrogens with one attached hydrogen (secondary N) is 1. The van der Waals surface area contributed by atoms with Crippen molar-refractivity contribution >= 4 is 38.9 Å². The molecular formula is C13H12BrClFNS. The predicted octanol–water partition coefficient (Wildman–Crippen LogP) is 4.81. The van der Waals surface area contributed by atoms with E-state index in [0.717, 1.165) is 9.35 Å². The molecule has 1 aromatic carbocycles. The van der Waals surface area contributed by atoms with Gasteiger partial charge in [0.05, 0.1) is 0 Å².